The largest absolute Gasteiger partial charge is 0.462 e. The van der Waals surface area contributed by atoms with E-state index in [0.717, 1.165) is 18.5 Å². The van der Waals surface area contributed by atoms with Gasteiger partial charge in [-0.15, -0.1) is 0 Å². The van der Waals surface area contributed by atoms with Gasteiger partial charge in [-0.3, -0.25) is 4.68 Å². The van der Waals surface area contributed by atoms with E-state index in [1.165, 1.54) is 0 Å². The normalized spacial score (nSPS) is 10.2. The number of hydrogen-bond donors (Lipinski definition) is 2. The Morgan fingerprint density at radius 1 is 1.29 bits per heavy atom. The van der Waals surface area contributed by atoms with Crippen LogP contribution in [0.3, 0.4) is 0 Å². The van der Waals surface area contributed by atoms with Gasteiger partial charge in [-0.25, -0.2) is 4.79 Å². The minimum Gasteiger partial charge on any atom is -0.462 e. The summed E-state index contributed by atoms with van der Waals surface area (Å²) >= 11 is 5.23. The third-order valence-corrected chi connectivity index (χ3v) is 3.46. The molecular weight excluding hydrogens is 324 g/mol. The molecule has 0 saturated heterocycles. The molecule has 0 amide bonds. The Labute approximate surface area is 147 Å². The first kappa shape index (κ1) is 17.9. The van der Waals surface area contributed by atoms with Gasteiger partial charge in [-0.2, -0.15) is 5.10 Å². The average molecular weight is 346 g/mol. The maximum Gasteiger partial charge on any atom is 0.343 e. The van der Waals surface area contributed by atoms with Crippen molar-refractivity contribution < 1.29 is 9.53 Å². The molecule has 0 atom stereocenters. The van der Waals surface area contributed by atoms with Gasteiger partial charge >= 0.3 is 5.97 Å². The lowest BCUT2D eigenvalue weighted by Gasteiger charge is -2.08. The summed E-state index contributed by atoms with van der Waals surface area (Å²) < 4.78 is 6.80. The smallest absolute Gasteiger partial charge is 0.343 e. The van der Waals surface area contributed by atoms with Gasteiger partial charge in [0.1, 0.15) is 5.56 Å². The molecule has 2 rings (SSSR count). The van der Waals surface area contributed by atoms with Crippen LogP contribution in [0.25, 0.3) is 0 Å². The van der Waals surface area contributed by atoms with Gasteiger partial charge in [0.15, 0.2) is 10.9 Å². The van der Waals surface area contributed by atoms with Crippen molar-refractivity contribution >= 4 is 29.1 Å². The van der Waals surface area contributed by atoms with Crippen molar-refractivity contribution in [2.24, 2.45) is 0 Å². The van der Waals surface area contributed by atoms with Gasteiger partial charge in [0, 0.05) is 12.7 Å². The molecule has 1 aromatic carbocycles. The molecule has 24 heavy (non-hydrogen) atoms. The Morgan fingerprint density at radius 2 is 2.04 bits per heavy atom. The molecule has 0 aliphatic carbocycles. The monoisotopic (exact) mass is 346 g/mol. The van der Waals surface area contributed by atoms with E-state index < -0.39 is 5.97 Å². The second kappa shape index (κ2) is 9.02. The topological polar surface area (TPSA) is 68.2 Å². The third-order valence-electron chi connectivity index (χ3n) is 3.21. The Kier molecular flexibility index (Phi) is 6.74. The molecule has 2 aromatic rings. The molecular formula is C17H22N4O2S. The van der Waals surface area contributed by atoms with Crippen LogP contribution in [-0.2, 0) is 11.3 Å². The number of aromatic nitrogens is 2. The van der Waals surface area contributed by atoms with Crippen molar-refractivity contribution in [3.8, 4) is 0 Å². The van der Waals surface area contributed by atoms with E-state index >= 15 is 0 Å². The predicted octanol–water partition coefficient (Wildman–Crippen LogP) is 2.80. The lowest BCUT2D eigenvalue weighted by molar-refractivity contribution is 0.0527. The quantitative estimate of drug-likeness (QED) is 0.593. The fourth-order valence-corrected chi connectivity index (χ4v) is 2.31. The lowest BCUT2D eigenvalue weighted by atomic mass is 10.2. The van der Waals surface area contributed by atoms with Crippen molar-refractivity contribution in [1.29, 1.82) is 0 Å². The molecule has 0 fully saturated rings. The summed E-state index contributed by atoms with van der Waals surface area (Å²) in [6, 6.07) is 9.90. The van der Waals surface area contributed by atoms with Gasteiger partial charge < -0.3 is 15.4 Å². The molecule has 0 spiro atoms. The van der Waals surface area contributed by atoms with E-state index in [2.05, 4.69) is 15.7 Å². The van der Waals surface area contributed by atoms with Gasteiger partial charge in [-0.05, 0) is 31.1 Å². The maximum absolute atomic E-state index is 12.1. The van der Waals surface area contributed by atoms with Crippen LogP contribution in [0.1, 0.15) is 36.2 Å². The average Bonchev–Trinajstić information content (AvgIpc) is 2.96. The van der Waals surface area contributed by atoms with E-state index in [1.807, 2.05) is 37.3 Å². The van der Waals surface area contributed by atoms with Crippen LogP contribution >= 0.6 is 12.2 Å². The van der Waals surface area contributed by atoms with Crippen LogP contribution in [0.2, 0.25) is 0 Å². The molecule has 2 N–H and O–H groups in total. The fourth-order valence-electron chi connectivity index (χ4n) is 2.11. The second-order valence-corrected chi connectivity index (χ2v) is 5.58. The number of anilines is 1. The van der Waals surface area contributed by atoms with Gasteiger partial charge in [0.05, 0.1) is 13.2 Å². The highest BCUT2D eigenvalue weighted by Gasteiger charge is 2.18. The molecule has 0 aliphatic rings. The van der Waals surface area contributed by atoms with E-state index in [4.69, 9.17) is 17.0 Å². The number of carbonyl (C=O) groups is 1. The highest BCUT2D eigenvalue weighted by Crippen LogP contribution is 2.16. The first-order chi connectivity index (χ1) is 11.6. The number of thiocarbonyl (C=S) groups is 1. The summed E-state index contributed by atoms with van der Waals surface area (Å²) in [5, 5.41) is 10.9. The van der Waals surface area contributed by atoms with Crippen molar-refractivity contribution in [2.75, 3.05) is 18.5 Å². The number of esters is 1. The first-order valence-electron chi connectivity index (χ1n) is 7.97. The van der Waals surface area contributed by atoms with Crippen LogP contribution in [0.15, 0.2) is 36.5 Å². The summed E-state index contributed by atoms with van der Waals surface area (Å²) in [5.74, 6) is -0.0180. The Balaban J connectivity index is 2.19. The highest BCUT2D eigenvalue weighted by atomic mass is 32.1. The Hall–Kier alpha value is -2.41. The molecule has 1 aromatic heterocycles. The van der Waals surface area contributed by atoms with Crippen LogP contribution in [0.4, 0.5) is 5.82 Å². The molecule has 7 heteroatoms. The summed E-state index contributed by atoms with van der Waals surface area (Å²) in [6.07, 6.45) is 2.63. The molecule has 0 aliphatic heterocycles. The van der Waals surface area contributed by atoms with Gasteiger partial charge in [-0.1, -0.05) is 37.3 Å². The summed E-state index contributed by atoms with van der Waals surface area (Å²) in [4.78, 5) is 12.1. The minimum absolute atomic E-state index is 0.306. The number of benzene rings is 1. The van der Waals surface area contributed by atoms with Gasteiger partial charge in [0.25, 0.3) is 0 Å². The number of ether oxygens (including phenoxy) is 1. The SMILES string of the molecule is CCCNC(=S)Nc1nn(Cc2ccccc2)cc1C(=O)OCC. The molecule has 6 nitrogen and oxygen atoms in total. The molecule has 128 valence electrons. The van der Waals surface area contributed by atoms with Crippen LogP contribution in [-0.4, -0.2) is 34.0 Å². The zero-order chi connectivity index (χ0) is 17.4. The van der Waals surface area contributed by atoms with Crippen LogP contribution in [0.5, 0.6) is 0 Å². The van der Waals surface area contributed by atoms with Crippen molar-refractivity contribution in [3.63, 3.8) is 0 Å². The zero-order valence-electron chi connectivity index (χ0n) is 13.9. The van der Waals surface area contributed by atoms with Crippen LogP contribution in [0, 0.1) is 0 Å². The van der Waals surface area contributed by atoms with E-state index in [9.17, 15) is 4.79 Å². The number of nitrogens with one attached hydrogen (secondary N) is 2. The third kappa shape index (κ3) is 5.06. The second-order valence-electron chi connectivity index (χ2n) is 5.18. The Morgan fingerprint density at radius 3 is 2.71 bits per heavy atom. The van der Waals surface area contributed by atoms with Crippen LogP contribution < -0.4 is 10.6 Å². The van der Waals surface area contributed by atoms with E-state index in [1.54, 1.807) is 17.8 Å². The van der Waals surface area contributed by atoms with E-state index in [-0.39, 0.29) is 0 Å². The van der Waals surface area contributed by atoms with E-state index in [0.29, 0.717) is 29.6 Å². The molecule has 0 radical (unpaired) electrons. The highest BCUT2D eigenvalue weighted by molar-refractivity contribution is 7.80. The van der Waals surface area contributed by atoms with Gasteiger partial charge in [0.2, 0.25) is 0 Å². The first-order valence-corrected chi connectivity index (χ1v) is 8.38. The molecule has 0 bridgehead atoms. The van der Waals surface area contributed by atoms with Crippen molar-refractivity contribution in [2.45, 2.75) is 26.8 Å². The Bertz CT molecular complexity index is 685. The lowest BCUT2D eigenvalue weighted by Crippen LogP contribution is -2.29. The predicted molar refractivity (Wildman–Crippen MR) is 98.2 cm³/mol. The maximum atomic E-state index is 12.1. The number of carbonyl (C=O) groups excluding carboxylic acids is 1. The van der Waals surface area contributed by atoms with Crippen molar-refractivity contribution in [1.82, 2.24) is 15.1 Å². The summed E-state index contributed by atoms with van der Waals surface area (Å²) in [7, 11) is 0. The summed E-state index contributed by atoms with van der Waals surface area (Å²) in [5.41, 5.74) is 1.46. The number of hydrogen-bond acceptors (Lipinski definition) is 4. The zero-order valence-corrected chi connectivity index (χ0v) is 14.7. The summed E-state index contributed by atoms with van der Waals surface area (Å²) in [6.45, 7) is 5.44. The molecule has 1 heterocycles. The number of nitrogens with zero attached hydrogens (tertiary/aromatic N) is 2. The molecule has 0 unspecified atom stereocenters. The molecule has 0 saturated carbocycles. The minimum atomic E-state index is -0.419. The number of rotatable bonds is 7. The standard InChI is InChI=1S/C17H22N4O2S/c1-3-10-18-17(24)19-15-14(16(22)23-4-2)12-21(20-15)11-13-8-6-5-7-9-13/h5-9,12H,3-4,10-11H2,1-2H3,(H2,18,19,20,24). The fraction of sp³-hybridized carbons (Fsp3) is 0.353. The van der Waals surface area contributed by atoms with Crippen molar-refractivity contribution in [3.05, 3.63) is 47.7 Å².